The van der Waals surface area contributed by atoms with Crippen LogP contribution in [-0.4, -0.2) is 89.4 Å². The SMILES string of the molecule is CO[C@@H](Cc1ccccc1)[C@H](O)C(=O)N[C@H](OC)[C@H]1CCC(C)(C)[C@@H](C[C@H](O)[C@@H](C)[C@H]2Cc3c(C)c(O)cc(O)c3C(=O)O2)O1. The number of benzene rings is 2. The Labute approximate surface area is 264 Å². The van der Waals surface area contributed by atoms with Gasteiger partial charge in [-0.15, -0.1) is 0 Å². The summed E-state index contributed by atoms with van der Waals surface area (Å²) < 4.78 is 23.2. The van der Waals surface area contributed by atoms with Gasteiger partial charge < -0.3 is 44.7 Å². The first-order chi connectivity index (χ1) is 21.3. The number of rotatable bonds is 12. The fourth-order valence-electron chi connectivity index (χ4n) is 6.31. The first kappa shape index (κ1) is 34.6. The molecule has 1 amide bonds. The molecule has 2 aromatic rings. The van der Waals surface area contributed by atoms with E-state index in [9.17, 15) is 30.0 Å². The van der Waals surface area contributed by atoms with E-state index in [1.165, 1.54) is 14.2 Å². The Bertz CT molecular complexity index is 1330. The molecule has 11 nitrogen and oxygen atoms in total. The smallest absolute Gasteiger partial charge is 0.342 e. The second-order valence-electron chi connectivity index (χ2n) is 13.0. The third kappa shape index (κ3) is 7.78. The Hall–Kier alpha value is -3.22. The van der Waals surface area contributed by atoms with Gasteiger partial charge in [0.05, 0.1) is 18.3 Å². The van der Waals surface area contributed by atoms with Crippen LogP contribution < -0.4 is 5.32 Å². The van der Waals surface area contributed by atoms with E-state index in [1.807, 2.05) is 44.2 Å². The number of amides is 1. The van der Waals surface area contributed by atoms with E-state index in [0.717, 1.165) is 18.1 Å². The van der Waals surface area contributed by atoms with Crippen LogP contribution in [0.2, 0.25) is 0 Å². The molecule has 0 aliphatic carbocycles. The summed E-state index contributed by atoms with van der Waals surface area (Å²) in [6.07, 6.45) is -3.53. The van der Waals surface area contributed by atoms with E-state index in [1.54, 1.807) is 13.8 Å². The van der Waals surface area contributed by atoms with E-state index < -0.39 is 60.6 Å². The Morgan fingerprint density at radius 1 is 1.09 bits per heavy atom. The van der Waals surface area contributed by atoms with Crippen molar-refractivity contribution in [3.63, 3.8) is 0 Å². The van der Waals surface area contributed by atoms with Gasteiger partial charge in [-0.2, -0.15) is 0 Å². The Balaban J connectivity index is 1.40. The van der Waals surface area contributed by atoms with Crippen LogP contribution >= 0.6 is 0 Å². The monoisotopic (exact) mass is 629 g/mol. The average molecular weight is 630 g/mol. The van der Waals surface area contributed by atoms with Gasteiger partial charge in [0.2, 0.25) is 0 Å². The lowest BCUT2D eigenvalue weighted by Gasteiger charge is -2.45. The van der Waals surface area contributed by atoms with Crippen molar-refractivity contribution in [3.8, 4) is 11.5 Å². The summed E-state index contributed by atoms with van der Waals surface area (Å²) in [5.41, 5.74) is 1.63. The summed E-state index contributed by atoms with van der Waals surface area (Å²) in [4.78, 5) is 25.9. The molecule has 8 atom stereocenters. The zero-order chi connectivity index (χ0) is 33.1. The predicted molar refractivity (Wildman–Crippen MR) is 165 cm³/mol. The molecule has 2 aromatic carbocycles. The third-order valence-corrected chi connectivity index (χ3v) is 9.55. The minimum atomic E-state index is -1.44. The number of carbonyl (C=O) groups excluding carboxylic acids is 2. The fraction of sp³-hybridized carbons (Fsp3) is 0.588. The number of fused-ring (bicyclic) bond motifs is 1. The maximum atomic E-state index is 13.1. The van der Waals surface area contributed by atoms with Gasteiger partial charge in [0.25, 0.3) is 5.91 Å². The van der Waals surface area contributed by atoms with Crippen molar-refractivity contribution in [2.45, 2.75) is 103 Å². The van der Waals surface area contributed by atoms with Crippen LogP contribution in [0, 0.1) is 18.3 Å². The van der Waals surface area contributed by atoms with Crippen molar-refractivity contribution in [3.05, 3.63) is 58.7 Å². The van der Waals surface area contributed by atoms with Crippen molar-refractivity contribution in [2.24, 2.45) is 11.3 Å². The molecule has 248 valence electrons. The number of nitrogens with one attached hydrogen (secondary N) is 1. The minimum Gasteiger partial charge on any atom is -0.508 e. The topological polar surface area (TPSA) is 164 Å². The maximum absolute atomic E-state index is 13.1. The normalized spacial score (nSPS) is 24.4. The molecular formula is C34H47NO10. The van der Waals surface area contributed by atoms with Gasteiger partial charge in [0.1, 0.15) is 29.3 Å². The van der Waals surface area contributed by atoms with Crippen LogP contribution in [0.4, 0.5) is 0 Å². The summed E-state index contributed by atoms with van der Waals surface area (Å²) >= 11 is 0. The van der Waals surface area contributed by atoms with Crippen LogP contribution in [0.1, 0.15) is 67.1 Å². The Morgan fingerprint density at radius 3 is 2.42 bits per heavy atom. The number of methoxy groups -OCH3 is 2. The lowest BCUT2D eigenvalue weighted by molar-refractivity contribution is -0.183. The fourth-order valence-corrected chi connectivity index (χ4v) is 6.31. The van der Waals surface area contributed by atoms with Crippen LogP contribution in [-0.2, 0) is 36.6 Å². The molecule has 45 heavy (non-hydrogen) atoms. The molecule has 4 rings (SSSR count). The molecule has 2 heterocycles. The summed E-state index contributed by atoms with van der Waals surface area (Å²) in [7, 11) is 2.90. The molecular weight excluding hydrogens is 582 g/mol. The number of hydrogen-bond donors (Lipinski definition) is 5. The summed E-state index contributed by atoms with van der Waals surface area (Å²) in [6, 6.07) is 10.6. The standard InChI is InChI=1S/C34H47NO10/c1-18-21-15-26(45-33(41)29(21)24(38)16-22(18)36)19(2)23(37)17-28-34(3,4)13-12-25(44-28)32(43-6)35-31(40)30(39)27(42-5)14-20-10-8-7-9-11-20/h7-11,16,19,23,25-28,30,32,36-39H,12-15,17H2,1-6H3,(H,35,40)/t19-,23+,25-,26-,27+,28-,30+,32-/m1/s1. The van der Waals surface area contributed by atoms with Crippen LogP contribution in [0.3, 0.4) is 0 Å². The van der Waals surface area contributed by atoms with Crippen LogP contribution in [0.15, 0.2) is 36.4 Å². The van der Waals surface area contributed by atoms with E-state index in [0.29, 0.717) is 24.0 Å². The highest BCUT2D eigenvalue weighted by Crippen LogP contribution is 2.41. The molecule has 5 N–H and O–H groups in total. The second-order valence-corrected chi connectivity index (χ2v) is 13.0. The van der Waals surface area contributed by atoms with Gasteiger partial charge in [-0.25, -0.2) is 4.79 Å². The highest BCUT2D eigenvalue weighted by atomic mass is 16.6. The molecule has 11 heteroatoms. The van der Waals surface area contributed by atoms with Gasteiger partial charge >= 0.3 is 5.97 Å². The van der Waals surface area contributed by atoms with Gasteiger partial charge in [-0.05, 0) is 41.9 Å². The number of cyclic esters (lactones) is 1. The predicted octanol–water partition coefficient (Wildman–Crippen LogP) is 3.16. The zero-order valence-electron chi connectivity index (χ0n) is 26.9. The first-order valence-corrected chi connectivity index (χ1v) is 15.4. The summed E-state index contributed by atoms with van der Waals surface area (Å²) in [5, 5.41) is 45.4. The summed E-state index contributed by atoms with van der Waals surface area (Å²) in [5.74, 6) is -2.29. The molecule has 0 spiro atoms. The number of carbonyl (C=O) groups is 2. The molecule has 2 aliphatic rings. The Morgan fingerprint density at radius 2 is 1.78 bits per heavy atom. The first-order valence-electron chi connectivity index (χ1n) is 15.4. The Kier molecular flexibility index (Phi) is 11.1. The number of esters is 1. The van der Waals surface area contributed by atoms with Gasteiger partial charge in [0, 0.05) is 45.5 Å². The molecule has 2 aliphatic heterocycles. The van der Waals surface area contributed by atoms with Gasteiger partial charge in [-0.1, -0.05) is 51.1 Å². The van der Waals surface area contributed by atoms with Gasteiger partial charge in [-0.3, -0.25) is 4.79 Å². The highest BCUT2D eigenvalue weighted by molar-refractivity contribution is 5.96. The molecule has 1 fully saturated rings. The molecule has 0 radical (unpaired) electrons. The zero-order valence-corrected chi connectivity index (χ0v) is 26.9. The van der Waals surface area contributed by atoms with Crippen molar-refractivity contribution < 1.29 is 49.0 Å². The average Bonchev–Trinajstić information content (AvgIpc) is 3.01. The second kappa shape index (κ2) is 14.5. The molecule has 0 bridgehead atoms. The van der Waals surface area contributed by atoms with E-state index in [-0.39, 0.29) is 35.3 Å². The molecule has 0 unspecified atom stereocenters. The van der Waals surface area contributed by atoms with E-state index in [2.05, 4.69) is 5.32 Å². The lowest BCUT2D eigenvalue weighted by Crippen LogP contribution is -2.56. The van der Waals surface area contributed by atoms with Crippen molar-refractivity contribution in [2.75, 3.05) is 14.2 Å². The number of phenols is 2. The van der Waals surface area contributed by atoms with Gasteiger partial charge in [0.15, 0.2) is 12.3 Å². The van der Waals surface area contributed by atoms with Crippen molar-refractivity contribution >= 4 is 11.9 Å². The molecule has 0 saturated carbocycles. The van der Waals surface area contributed by atoms with Crippen molar-refractivity contribution in [1.82, 2.24) is 5.32 Å². The third-order valence-electron chi connectivity index (χ3n) is 9.55. The number of ether oxygens (including phenoxy) is 4. The van der Waals surface area contributed by atoms with Crippen molar-refractivity contribution in [1.29, 1.82) is 0 Å². The number of aromatic hydroxyl groups is 2. The minimum absolute atomic E-state index is 0.0393. The molecule has 0 aromatic heterocycles. The largest absolute Gasteiger partial charge is 0.508 e. The number of aliphatic hydroxyl groups excluding tert-OH is 2. The summed E-state index contributed by atoms with van der Waals surface area (Å²) in [6.45, 7) is 7.56. The molecule has 1 saturated heterocycles. The lowest BCUT2D eigenvalue weighted by atomic mass is 9.75. The number of phenolic OH excluding ortho intramolecular Hbond substituents is 2. The quantitative estimate of drug-likeness (QED) is 0.174. The highest BCUT2D eigenvalue weighted by Gasteiger charge is 2.44. The number of hydrogen-bond acceptors (Lipinski definition) is 10. The van der Waals surface area contributed by atoms with E-state index in [4.69, 9.17) is 18.9 Å². The van der Waals surface area contributed by atoms with E-state index >= 15 is 0 Å². The van der Waals surface area contributed by atoms with Crippen LogP contribution in [0.25, 0.3) is 0 Å². The van der Waals surface area contributed by atoms with Crippen LogP contribution in [0.5, 0.6) is 11.5 Å². The maximum Gasteiger partial charge on any atom is 0.342 e. The number of aliphatic hydroxyl groups is 2.